The average molecular weight is 316 g/mol. The van der Waals surface area contributed by atoms with Crippen LogP contribution in [-0.4, -0.2) is 29.8 Å². The Morgan fingerprint density at radius 1 is 0.957 bits per heavy atom. The van der Waals surface area contributed by atoms with E-state index in [9.17, 15) is 14.7 Å². The summed E-state index contributed by atoms with van der Waals surface area (Å²) < 4.78 is 0. The summed E-state index contributed by atoms with van der Waals surface area (Å²) in [7, 11) is 0. The van der Waals surface area contributed by atoms with E-state index in [4.69, 9.17) is 0 Å². The van der Waals surface area contributed by atoms with Gasteiger partial charge >= 0.3 is 0 Å². The number of phenolic OH excluding ortho intramolecular Hbond substituents is 1. The topological polar surface area (TPSA) is 78.4 Å². The first kappa shape index (κ1) is 17.1. The maximum absolute atomic E-state index is 12.7. The van der Waals surface area contributed by atoms with Gasteiger partial charge in [0, 0.05) is 24.9 Å². The molecule has 0 fully saturated rings. The smallest absolute Gasteiger partial charge is 0.211 e. The van der Waals surface area contributed by atoms with E-state index >= 15 is 0 Å². The zero-order valence-electron chi connectivity index (χ0n) is 13.7. The Morgan fingerprint density at radius 2 is 1.61 bits per heavy atom. The molecule has 1 aromatic rings. The quantitative estimate of drug-likeness (QED) is 0.507. The molecular weight excluding hydrogens is 292 g/mol. The van der Waals surface area contributed by atoms with E-state index in [2.05, 4.69) is 24.5 Å². The fourth-order valence-electron chi connectivity index (χ4n) is 2.56. The number of unbranched alkanes of at least 4 members (excludes halogenated alkanes) is 2. The van der Waals surface area contributed by atoms with Crippen molar-refractivity contribution >= 4 is 17.3 Å². The minimum Gasteiger partial charge on any atom is -0.507 e. The summed E-state index contributed by atoms with van der Waals surface area (Å²) in [6, 6.07) is 3.12. The normalized spacial score (nSPS) is 13.6. The van der Waals surface area contributed by atoms with E-state index in [1.807, 2.05) is 0 Å². The first-order chi connectivity index (χ1) is 11.1. The molecule has 124 valence electrons. The Balaban J connectivity index is 2.33. The Labute approximate surface area is 136 Å². The second-order valence-corrected chi connectivity index (χ2v) is 5.69. The van der Waals surface area contributed by atoms with E-state index in [1.54, 1.807) is 6.07 Å². The molecule has 0 saturated heterocycles. The molecule has 0 spiro atoms. The minimum absolute atomic E-state index is 0.0949. The highest BCUT2D eigenvalue weighted by Gasteiger charge is 2.30. The second-order valence-electron chi connectivity index (χ2n) is 5.69. The van der Waals surface area contributed by atoms with E-state index in [-0.39, 0.29) is 28.4 Å². The summed E-state index contributed by atoms with van der Waals surface area (Å²) in [5.41, 5.74) is 1.28. The van der Waals surface area contributed by atoms with Crippen LogP contribution in [0.2, 0.25) is 0 Å². The Bertz CT molecular complexity index is 635. The molecule has 0 saturated carbocycles. The van der Waals surface area contributed by atoms with Crippen LogP contribution in [0.4, 0.5) is 5.69 Å². The van der Waals surface area contributed by atoms with Gasteiger partial charge in [-0.1, -0.05) is 26.7 Å². The lowest BCUT2D eigenvalue weighted by Gasteiger charge is -2.21. The third kappa shape index (κ3) is 3.73. The highest BCUT2D eigenvalue weighted by molar-refractivity contribution is 6.27. The molecule has 1 aliphatic carbocycles. The SMILES string of the molecule is CCCCNC1=CC(=O)c2c(O)ccc(NCCCC)c2C1=O. The van der Waals surface area contributed by atoms with Crippen molar-refractivity contribution in [2.24, 2.45) is 0 Å². The summed E-state index contributed by atoms with van der Waals surface area (Å²) in [5.74, 6) is -0.732. The van der Waals surface area contributed by atoms with Gasteiger partial charge in [-0.2, -0.15) is 0 Å². The number of fused-ring (bicyclic) bond motifs is 1. The Morgan fingerprint density at radius 3 is 2.26 bits per heavy atom. The number of aromatic hydroxyl groups is 1. The molecule has 0 unspecified atom stereocenters. The zero-order valence-corrected chi connectivity index (χ0v) is 13.7. The molecule has 3 N–H and O–H groups in total. The van der Waals surface area contributed by atoms with E-state index < -0.39 is 0 Å². The van der Waals surface area contributed by atoms with Crippen LogP contribution in [0.25, 0.3) is 0 Å². The summed E-state index contributed by atoms with van der Waals surface area (Å²) in [6.45, 7) is 5.51. The van der Waals surface area contributed by atoms with Crippen LogP contribution in [0.3, 0.4) is 0 Å². The van der Waals surface area contributed by atoms with Gasteiger partial charge in [-0.3, -0.25) is 9.59 Å². The van der Waals surface area contributed by atoms with Gasteiger partial charge in [0.1, 0.15) is 5.75 Å². The van der Waals surface area contributed by atoms with Gasteiger partial charge in [0.25, 0.3) is 0 Å². The lowest BCUT2D eigenvalue weighted by molar-refractivity contribution is 0.0976. The molecule has 0 amide bonds. The fourth-order valence-corrected chi connectivity index (χ4v) is 2.56. The number of ketones is 2. The molecule has 23 heavy (non-hydrogen) atoms. The van der Waals surface area contributed by atoms with Gasteiger partial charge in [0.2, 0.25) is 5.78 Å². The number of Topliss-reactive ketones (excluding diaryl/α,β-unsaturated/α-hetero) is 1. The van der Waals surface area contributed by atoms with Crippen LogP contribution in [0.15, 0.2) is 23.9 Å². The number of hydrogen-bond donors (Lipinski definition) is 3. The maximum atomic E-state index is 12.7. The molecule has 0 aromatic heterocycles. The van der Waals surface area contributed by atoms with Crippen molar-refractivity contribution in [2.75, 3.05) is 18.4 Å². The monoisotopic (exact) mass is 316 g/mol. The lowest BCUT2D eigenvalue weighted by Crippen LogP contribution is -2.28. The first-order valence-corrected chi connectivity index (χ1v) is 8.24. The first-order valence-electron chi connectivity index (χ1n) is 8.24. The second kappa shape index (κ2) is 7.81. The molecule has 5 nitrogen and oxygen atoms in total. The van der Waals surface area contributed by atoms with Gasteiger partial charge in [0.15, 0.2) is 5.78 Å². The van der Waals surface area contributed by atoms with Crippen molar-refractivity contribution in [2.45, 2.75) is 39.5 Å². The van der Waals surface area contributed by atoms with Crippen LogP contribution in [0.1, 0.15) is 60.2 Å². The van der Waals surface area contributed by atoms with Gasteiger partial charge in [-0.05, 0) is 25.0 Å². The third-order valence-corrected chi connectivity index (χ3v) is 3.87. The number of hydrogen-bond acceptors (Lipinski definition) is 5. The third-order valence-electron chi connectivity index (χ3n) is 3.87. The predicted octanol–water partition coefficient (Wildman–Crippen LogP) is 3.26. The van der Waals surface area contributed by atoms with Crippen LogP contribution in [0, 0.1) is 0 Å². The van der Waals surface area contributed by atoms with Crippen LogP contribution >= 0.6 is 0 Å². The van der Waals surface area contributed by atoms with Gasteiger partial charge in [-0.25, -0.2) is 0 Å². The molecule has 0 aliphatic heterocycles. The van der Waals surface area contributed by atoms with Crippen molar-refractivity contribution in [1.82, 2.24) is 5.32 Å². The summed E-state index contributed by atoms with van der Waals surface area (Å²) in [6.07, 6.45) is 5.21. The summed E-state index contributed by atoms with van der Waals surface area (Å²) in [4.78, 5) is 25.0. The summed E-state index contributed by atoms with van der Waals surface area (Å²) in [5, 5.41) is 16.2. The number of allylic oxidation sites excluding steroid dienone is 2. The zero-order chi connectivity index (χ0) is 16.8. The van der Waals surface area contributed by atoms with Crippen molar-refractivity contribution in [3.8, 4) is 5.75 Å². The maximum Gasteiger partial charge on any atom is 0.211 e. The van der Waals surface area contributed by atoms with E-state index in [0.29, 0.717) is 17.9 Å². The molecule has 5 heteroatoms. The van der Waals surface area contributed by atoms with Crippen LogP contribution in [0.5, 0.6) is 5.75 Å². The van der Waals surface area contributed by atoms with Gasteiger partial charge in [0.05, 0.1) is 16.8 Å². The number of carbonyl (C=O) groups is 2. The molecule has 0 radical (unpaired) electrons. The minimum atomic E-state index is -0.338. The van der Waals surface area contributed by atoms with Gasteiger partial charge < -0.3 is 15.7 Å². The molecule has 0 bridgehead atoms. The number of nitrogens with one attached hydrogen (secondary N) is 2. The molecule has 0 atom stereocenters. The van der Waals surface area contributed by atoms with Crippen LogP contribution < -0.4 is 10.6 Å². The van der Waals surface area contributed by atoms with Crippen molar-refractivity contribution in [1.29, 1.82) is 0 Å². The highest BCUT2D eigenvalue weighted by atomic mass is 16.3. The predicted molar refractivity (Wildman–Crippen MR) is 91.2 cm³/mol. The largest absolute Gasteiger partial charge is 0.507 e. The Kier molecular flexibility index (Phi) is 5.79. The molecular formula is C18H24N2O3. The number of carbonyl (C=O) groups excluding carboxylic acids is 2. The fraction of sp³-hybridized carbons (Fsp3) is 0.444. The van der Waals surface area contributed by atoms with Gasteiger partial charge in [-0.15, -0.1) is 0 Å². The van der Waals surface area contributed by atoms with Crippen molar-refractivity contribution in [3.63, 3.8) is 0 Å². The Hall–Kier alpha value is -2.30. The molecule has 0 heterocycles. The lowest BCUT2D eigenvalue weighted by atomic mass is 9.90. The van der Waals surface area contributed by atoms with Crippen molar-refractivity contribution in [3.05, 3.63) is 35.0 Å². The summed E-state index contributed by atoms with van der Waals surface area (Å²) >= 11 is 0. The standard InChI is InChI=1S/C18H24N2O3/c1-3-5-9-19-12-7-8-14(21)17-15(22)11-13(18(23)16(12)17)20-10-6-4-2/h7-8,11,19-21H,3-6,9-10H2,1-2H3. The molecule has 1 aliphatic rings. The average Bonchev–Trinajstić information content (AvgIpc) is 2.53. The van der Waals surface area contributed by atoms with E-state index in [0.717, 1.165) is 32.2 Å². The van der Waals surface area contributed by atoms with E-state index in [1.165, 1.54) is 12.1 Å². The van der Waals surface area contributed by atoms with Crippen LogP contribution in [-0.2, 0) is 0 Å². The number of anilines is 1. The molecule has 2 rings (SSSR count). The highest BCUT2D eigenvalue weighted by Crippen LogP contribution is 2.33. The number of benzene rings is 1. The van der Waals surface area contributed by atoms with Crippen molar-refractivity contribution < 1.29 is 14.7 Å². The number of phenols is 1. The molecule has 1 aromatic carbocycles. The number of rotatable bonds is 8.